The summed E-state index contributed by atoms with van der Waals surface area (Å²) in [6.07, 6.45) is 1.49. The first-order valence-electron chi connectivity index (χ1n) is 10.5. The van der Waals surface area contributed by atoms with Crippen LogP contribution in [0.5, 0.6) is 5.75 Å². The van der Waals surface area contributed by atoms with Gasteiger partial charge < -0.3 is 15.4 Å². The van der Waals surface area contributed by atoms with Gasteiger partial charge in [0.25, 0.3) is 11.8 Å². The summed E-state index contributed by atoms with van der Waals surface area (Å²) < 4.78 is 6.22. The molecule has 0 saturated heterocycles. The molecule has 0 heterocycles. The van der Waals surface area contributed by atoms with Crippen LogP contribution in [0.1, 0.15) is 22.3 Å². The normalized spacial score (nSPS) is 10.9. The Bertz CT molecular complexity index is 1290. The van der Waals surface area contributed by atoms with Crippen LogP contribution in [-0.4, -0.2) is 18.4 Å². The van der Waals surface area contributed by atoms with Crippen LogP contribution in [0.3, 0.4) is 0 Å². The fraction of sp³-hybridized carbons (Fsp3) is 0.148. The molecule has 0 aliphatic carbocycles. The molecule has 0 aromatic heterocycles. The summed E-state index contributed by atoms with van der Waals surface area (Å²) in [5.41, 5.74) is 5.24. The van der Waals surface area contributed by atoms with Crippen molar-refractivity contribution in [3.05, 3.63) is 93.0 Å². The van der Waals surface area contributed by atoms with Gasteiger partial charge in [-0.1, -0.05) is 29.8 Å². The van der Waals surface area contributed by atoms with Crippen LogP contribution in [0.25, 0.3) is 6.08 Å². The van der Waals surface area contributed by atoms with Crippen LogP contribution in [0.4, 0.5) is 11.4 Å². The van der Waals surface area contributed by atoms with Gasteiger partial charge in [-0.3, -0.25) is 9.59 Å². The zero-order valence-electron chi connectivity index (χ0n) is 19.1. The van der Waals surface area contributed by atoms with Crippen molar-refractivity contribution in [3.8, 4) is 11.8 Å². The monoisotopic (exact) mass is 517 g/mol. The Morgan fingerprint density at radius 1 is 0.941 bits per heavy atom. The lowest BCUT2D eigenvalue weighted by molar-refractivity contribution is -0.118. The molecule has 0 unspecified atom stereocenters. The number of carbonyl (C=O) groups is 2. The second kappa shape index (κ2) is 11.3. The van der Waals surface area contributed by atoms with E-state index in [0.29, 0.717) is 27.2 Å². The number of nitriles is 1. The molecule has 0 bridgehead atoms. The Balaban J connectivity index is 1.62. The van der Waals surface area contributed by atoms with Gasteiger partial charge in [0, 0.05) is 11.4 Å². The minimum absolute atomic E-state index is 0.0334. The molecule has 0 fully saturated rings. The first-order chi connectivity index (χ1) is 16.2. The number of ether oxygens (including phenoxy) is 1. The third kappa shape index (κ3) is 6.80. The first kappa shape index (κ1) is 24.7. The van der Waals surface area contributed by atoms with E-state index in [-0.39, 0.29) is 18.1 Å². The van der Waals surface area contributed by atoms with Gasteiger partial charge in [0.05, 0.1) is 4.47 Å². The molecular formula is C27H24BrN3O3. The van der Waals surface area contributed by atoms with Crippen molar-refractivity contribution >= 4 is 45.2 Å². The molecule has 0 atom stereocenters. The van der Waals surface area contributed by atoms with E-state index < -0.39 is 5.91 Å². The van der Waals surface area contributed by atoms with E-state index in [9.17, 15) is 14.9 Å². The molecule has 0 radical (unpaired) electrons. The van der Waals surface area contributed by atoms with E-state index in [4.69, 9.17) is 4.74 Å². The maximum absolute atomic E-state index is 12.5. The Labute approximate surface area is 207 Å². The van der Waals surface area contributed by atoms with Gasteiger partial charge in [0.2, 0.25) is 0 Å². The highest BCUT2D eigenvalue weighted by Gasteiger charge is 2.11. The minimum atomic E-state index is -0.495. The third-order valence-electron chi connectivity index (χ3n) is 5.09. The van der Waals surface area contributed by atoms with Gasteiger partial charge in [0.15, 0.2) is 6.61 Å². The summed E-state index contributed by atoms with van der Waals surface area (Å²) in [6, 6.07) is 20.0. The SMILES string of the molecule is Cc1ccc(NC(=O)/C(C#N)=C\c2ccc(OCC(=O)Nc3ccc(C)c(C)c3)c(Br)c2)cc1. The molecule has 34 heavy (non-hydrogen) atoms. The van der Waals surface area contributed by atoms with Gasteiger partial charge in [-0.15, -0.1) is 0 Å². The highest BCUT2D eigenvalue weighted by molar-refractivity contribution is 9.10. The molecule has 3 rings (SSSR count). The summed E-state index contributed by atoms with van der Waals surface area (Å²) in [5.74, 6) is -0.306. The molecule has 2 N–H and O–H groups in total. The molecule has 3 aromatic carbocycles. The first-order valence-corrected chi connectivity index (χ1v) is 11.3. The molecular weight excluding hydrogens is 494 g/mol. The summed E-state index contributed by atoms with van der Waals surface area (Å²) in [4.78, 5) is 24.7. The predicted molar refractivity (Wildman–Crippen MR) is 138 cm³/mol. The number of nitrogens with one attached hydrogen (secondary N) is 2. The Morgan fingerprint density at radius 2 is 1.65 bits per heavy atom. The van der Waals surface area contributed by atoms with Crippen LogP contribution in [-0.2, 0) is 9.59 Å². The molecule has 6 nitrogen and oxygen atoms in total. The third-order valence-corrected chi connectivity index (χ3v) is 5.71. The number of halogens is 1. The summed E-state index contributed by atoms with van der Waals surface area (Å²) in [5, 5.41) is 15.0. The van der Waals surface area contributed by atoms with Gasteiger partial charge in [0.1, 0.15) is 17.4 Å². The number of anilines is 2. The smallest absolute Gasteiger partial charge is 0.266 e. The predicted octanol–water partition coefficient (Wildman–Crippen LogP) is 5.94. The molecule has 0 aliphatic heterocycles. The number of rotatable bonds is 7. The summed E-state index contributed by atoms with van der Waals surface area (Å²) in [7, 11) is 0. The van der Waals surface area contributed by atoms with E-state index >= 15 is 0 Å². The largest absolute Gasteiger partial charge is 0.483 e. The second-order valence-corrected chi connectivity index (χ2v) is 8.67. The van der Waals surface area contributed by atoms with Crippen LogP contribution in [0.2, 0.25) is 0 Å². The maximum Gasteiger partial charge on any atom is 0.266 e. The average Bonchev–Trinajstić information content (AvgIpc) is 2.80. The van der Waals surface area contributed by atoms with Crippen LogP contribution in [0.15, 0.2) is 70.7 Å². The van der Waals surface area contributed by atoms with Crippen molar-refractivity contribution < 1.29 is 14.3 Å². The van der Waals surface area contributed by atoms with E-state index in [1.54, 1.807) is 30.3 Å². The highest BCUT2D eigenvalue weighted by Crippen LogP contribution is 2.27. The van der Waals surface area contributed by atoms with Gasteiger partial charge in [-0.05, 0) is 95.9 Å². The fourth-order valence-corrected chi connectivity index (χ4v) is 3.55. The number of hydrogen-bond acceptors (Lipinski definition) is 4. The highest BCUT2D eigenvalue weighted by atomic mass is 79.9. The molecule has 172 valence electrons. The number of hydrogen-bond donors (Lipinski definition) is 2. The van der Waals surface area contributed by atoms with Crippen molar-refractivity contribution in [2.75, 3.05) is 17.2 Å². The molecule has 2 amide bonds. The van der Waals surface area contributed by atoms with Crippen LogP contribution < -0.4 is 15.4 Å². The maximum atomic E-state index is 12.5. The second-order valence-electron chi connectivity index (χ2n) is 7.82. The number of carbonyl (C=O) groups excluding carboxylic acids is 2. The Morgan fingerprint density at radius 3 is 2.29 bits per heavy atom. The van der Waals surface area contributed by atoms with Crippen molar-refractivity contribution in [3.63, 3.8) is 0 Å². The molecule has 7 heteroatoms. The summed E-state index contributed by atoms with van der Waals surface area (Å²) in [6.45, 7) is 5.78. The van der Waals surface area contributed by atoms with Crippen molar-refractivity contribution in [2.45, 2.75) is 20.8 Å². The Hall–Kier alpha value is -3.89. The molecule has 0 aliphatic rings. The lowest BCUT2D eigenvalue weighted by atomic mass is 10.1. The van der Waals surface area contributed by atoms with Crippen molar-refractivity contribution in [2.24, 2.45) is 0 Å². The molecule has 0 saturated carbocycles. The van der Waals surface area contributed by atoms with Crippen LogP contribution >= 0.6 is 15.9 Å². The van der Waals surface area contributed by atoms with Crippen molar-refractivity contribution in [1.82, 2.24) is 0 Å². The van der Waals surface area contributed by atoms with Gasteiger partial charge >= 0.3 is 0 Å². The number of amides is 2. The number of aryl methyl sites for hydroxylation is 3. The van der Waals surface area contributed by atoms with Gasteiger partial charge in [-0.2, -0.15) is 5.26 Å². The Kier molecular flexibility index (Phi) is 8.23. The standard InChI is InChI=1S/C27H24BrN3O3/c1-17-4-8-22(9-5-17)31-27(33)21(15-29)13-20-7-11-25(24(28)14-20)34-16-26(32)30-23-10-6-18(2)19(3)12-23/h4-14H,16H2,1-3H3,(H,30,32)(H,31,33)/b21-13-. The fourth-order valence-electron chi connectivity index (χ4n) is 3.03. The zero-order valence-corrected chi connectivity index (χ0v) is 20.7. The van der Waals surface area contributed by atoms with Crippen LogP contribution in [0, 0.1) is 32.1 Å². The average molecular weight is 518 g/mol. The van der Waals surface area contributed by atoms with Gasteiger partial charge in [-0.25, -0.2) is 0 Å². The quantitative estimate of drug-likeness (QED) is 0.299. The number of benzene rings is 3. The van der Waals surface area contributed by atoms with Crippen molar-refractivity contribution in [1.29, 1.82) is 5.26 Å². The number of nitrogens with zero attached hydrogens (tertiary/aromatic N) is 1. The zero-order chi connectivity index (χ0) is 24.7. The topological polar surface area (TPSA) is 91.2 Å². The summed E-state index contributed by atoms with van der Waals surface area (Å²) >= 11 is 3.42. The minimum Gasteiger partial charge on any atom is -0.483 e. The lowest BCUT2D eigenvalue weighted by Gasteiger charge is -2.11. The van der Waals surface area contributed by atoms with E-state index in [0.717, 1.165) is 16.7 Å². The van der Waals surface area contributed by atoms with E-state index in [2.05, 4.69) is 26.6 Å². The lowest BCUT2D eigenvalue weighted by Crippen LogP contribution is -2.20. The van der Waals surface area contributed by atoms with E-state index in [1.165, 1.54) is 6.08 Å². The molecule has 3 aromatic rings. The van der Waals surface area contributed by atoms with E-state index in [1.807, 2.05) is 57.2 Å². The molecule has 0 spiro atoms.